The van der Waals surface area contributed by atoms with E-state index in [1.54, 1.807) is 0 Å². The van der Waals surface area contributed by atoms with E-state index in [1.165, 1.54) is 0 Å². The fourth-order valence-electron chi connectivity index (χ4n) is 3.36. The van der Waals surface area contributed by atoms with Gasteiger partial charge in [0.2, 0.25) is 0 Å². The monoisotopic (exact) mass is 276 g/mol. The molecule has 2 unspecified atom stereocenters. The van der Waals surface area contributed by atoms with Crippen molar-refractivity contribution in [2.24, 2.45) is 11.3 Å². The normalized spacial score (nSPS) is 29.1. The molecule has 1 aliphatic carbocycles. The van der Waals surface area contributed by atoms with Crippen molar-refractivity contribution in [1.82, 2.24) is 0 Å². The van der Waals surface area contributed by atoms with Gasteiger partial charge in [-0.25, -0.2) is 0 Å². The van der Waals surface area contributed by atoms with E-state index < -0.39 is 5.60 Å². The van der Waals surface area contributed by atoms with Gasteiger partial charge in [-0.1, -0.05) is 39.8 Å². The van der Waals surface area contributed by atoms with Crippen LogP contribution in [0.2, 0.25) is 0 Å². The van der Waals surface area contributed by atoms with Crippen LogP contribution in [0.25, 0.3) is 0 Å². The number of aliphatic hydroxyl groups is 1. The van der Waals surface area contributed by atoms with E-state index in [9.17, 15) is 5.11 Å². The Kier molecular flexibility index (Phi) is 4.43. The average Bonchev–Trinajstić information content (AvgIpc) is 2.41. The molecule has 0 heterocycles. The highest BCUT2D eigenvalue weighted by Gasteiger charge is 2.43. The van der Waals surface area contributed by atoms with Crippen LogP contribution in [-0.4, -0.2) is 11.7 Å². The third-order valence-corrected chi connectivity index (χ3v) is 4.68. The molecule has 20 heavy (non-hydrogen) atoms. The van der Waals surface area contributed by atoms with Crippen LogP contribution in [0.15, 0.2) is 24.3 Å². The molecule has 0 aromatic heterocycles. The lowest BCUT2D eigenvalue weighted by atomic mass is 9.63. The number of rotatable bonds is 4. The Bertz CT molecular complexity index is 435. The van der Waals surface area contributed by atoms with Crippen LogP contribution in [0.5, 0.6) is 5.75 Å². The van der Waals surface area contributed by atoms with E-state index in [0.717, 1.165) is 43.6 Å². The largest absolute Gasteiger partial charge is 0.494 e. The molecule has 2 heteroatoms. The van der Waals surface area contributed by atoms with Crippen molar-refractivity contribution in [3.05, 3.63) is 29.8 Å². The fraction of sp³-hybridized carbons (Fsp3) is 0.667. The van der Waals surface area contributed by atoms with Crippen molar-refractivity contribution in [2.45, 2.75) is 59.0 Å². The summed E-state index contributed by atoms with van der Waals surface area (Å²) in [4.78, 5) is 0. The Balaban J connectivity index is 2.14. The van der Waals surface area contributed by atoms with Crippen molar-refractivity contribution >= 4 is 0 Å². The minimum atomic E-state index is -0.682. The topological polar surface area (TPSA) is 29.5 Å². The highest BCUT2D eigenvalue weighted by Crippen LogP contribution is 2.48. The van der Waals surface area contributed by atoms with Crippen LogP contribution in [0.3, 0.4) is 0 Å². The summed E-state index contributed by atoms with van der Waals surface area (Å²) in [5, 5.41) is 11.1. The van der Waals surface area contributed by atoms with Crippen molar-refractivity contribution in [3.63, 3.8) is 0 Å². The van der Waals surface area contributed by atoms with Crippen LogP contribution < -0.4 is 4.74 Å². The second kappa shape index (κ2) is 5.77. The first kappa shape index (κ1) is 15.4. The highest BCUT2D eigenvalue weighted by atomic mass is 16.5. The maximum absolute atomic E-state index is 11.1. The van der Waals surface area contributed by atoms with Crippen LogP contribution in [0.4, 0.5) is 0 Å². The molecule has 1 N–H and O–H groups in total. The maximum Gasteiger partial charge on any atom is 0.119 e. The van der Waals surface area contributed by atoms with E-state index in [1.807, 2.05) is 24.3 Å². The van der Waals surface area contributed by atoms with Crippen molar-refractivity contribution in [3.8, 4) is 5.75 Å². The Morgan fingerprint density at radius 2 is 1.85 bits per heavy atom. The van der Waals surface area contributed by atoms with E-state index in [0.29, 0.717) is 5.41 Å². The maximum atomic E-state index is 11.1. The van der Waals surface area contributed by atoms with Gasteiger partial charge in [0.15, 0.2) is 0 Å². The van der Waals surface area contributed by atoms with Crippen molar-refractivity contribution in [1.29, 1.82) is 0 Å². The van der Waals surface area contributed by atoms with Gasteiger partial charge in [-0.15, -0.1) is 0 Å². The zero-order valence-corrected chi connectivity index (χ0v) is 13.3. The second-order valence-electron chi connectivity index (χ2n) is 7.07. The third-order valence-electron chi connectivity index (χ3n) is 4.68. The standard InChI is InChI=1S/C18H28O2/c1-5-12-20-16-8-6-15(7-9-16)18(19)11-10-17(3,4)13-14(18)2/h6-9,14,19H,5,10-13H2,1-4H3. The second-order valence-corrected chi connectivity index (χ2v) is 7.07. The average molecular weight is 276 g/mol. The molecule has 1 aromatic carbocycles. The molecule has 0 amide bonds. The van der Waals surface area contributed by atoms with Crippen LogP contribution in [-0.2, 0) is 5.60 Å². The Morgan fingerprint density at radius 1 is 1.20 bits per heavy atom. The molecule has 0 aliphatic heterocycles. The Hall–Kier alpha value is -1.02. The smallest absolute Gasteiger partial charge is 0.119 e. The zero-order chi connectivity index (χ0) is 14.8. The SMILES string of the molecule is CCCOc1ccc(C2(O)CCC(C)(C)CC2C)cc1. The minimum Gasteiger partial charge on any atom is -0.494 e. The summed E-state index contributed by atoms with van der Waals surface area (Å²) in [5.41, 5.74) is 0.693. The molecule has 0 saturated heterocycles. The van der Waals surface area contributed by atoms with Gasteiger partial charge in [0, 0.05) is 0 Å². The fourth-order valence-corrected chi connectivity index (χ4v) is 3.36. The van der Waals surface area contributed by atoms with E-state index in [-0.39, 0.29) is 5.92 Å². The lowest BCUT2D eigenvalue weighted by molar-refractivity contribution is -0.0770. The summed E-state index contributed by atoms with van der Waals surface area (Å²) in [6.45, 7) is 9.61. The predicted molar refractivity (Wildman–Crippen MR) is 82.9 cm³/mol. The third kappa shape index (κ3) is 3.17. The molecule has 1 fully saturated rings. The molecule has 1 aliphatic rings. The number of hydrogen-bond acceptors (Lipinski definition) is 2. The minimum absolute atomic E-state index is 0.286. The van der Waals surface area contributed by atoms with E-state index >= 15 is 0 Å². The summed E-state index contributed by atoms with van der Waals surface area (Å²) in [5.74, 6) is 1.18. The van der Waals surface area contributed by atoms with Gasteiger partial charge >= 0.3 is 0 Å². The number of benzene rings is 1. The zero-order valence-electron chi connectivity index (χ0n) is 13.3. The van der Waals surface area contributed by atoms with Crippen LogP contribution in [0.1, 0.15) is 58.9 Å². The van der Waals surface area contributed by atoms with E-state index in [2.05, 4.69) is 27.7 Å². The number of ether oxygens (including phenoxy) is 1. The van der Waals surface area contributed by atoms with Gasteiger partial charge in [-0.2, -0.15) is 0 Å². The molecule has 112 valence electrons. The summed E-state index contributed by atoms with van der Waals surface area (Å²) < 4.78 is 5.61. The molecule has 1 saturated carbocycles. The van der Waals surface area contributed by atoms with Gasteiger partial charge in [0.25, 0.3) is 0 Å². The van der Waals surface area contributed by atoms with Gasteiger partial charge in [-0.05, 0) is 54.7 Å². The molecule has 1 aromatic rings. The summed E-state index contributed by atoms with van der Waals surface area (Å²) >= 11 is 0. The van der Waals surface area contributed by atoms with Gasteiger partial charge in [-0.3, -0.25) is 0 Å². The van der Waals surface area contributed by atoms with Crippen LogP contribution >= 0.6 is 0 Å². The molecule has 2 nitrogen and oxygen atoms in total. The first-order valence-electron chi connectivity index (χ1n) is 7.83. The number of hydrogen-bond donors (Lipinski definition) is 1. The Morgan fingerprint density at radius 3 is 2.40 bits per heavy atom. The summed E-state index contributed by atoms with van der Waals surface area (Å²) in [6.07, 6.45) is 3.99. The first-order chi connectivity index (χ1) is 9.37. The molecular weight excluding hydrogens is 248 g/mol. The van der Waals surface area contributed by atoms with Crippen molar-refractivity contribution in [2.75, 3.05) is 6.61 Å². The molecule has 2 atom stereocenters. The molecule has 0 radical (unpaired) electrons. The van der Waals surface area contributed by atoms with Crippen LogP contribution in [0, 0.1) is 11.3 Å². The highest BCUT2D eigenvalue weighted by molar-refractivity contribution is 5.31. The molecule has 0 spiro atoms. The first-order valence-corrected chi connectivity index (χ1v) is 7.83. The van der Waals surface area contributed by atoms with Gasteiger partial charge in [0.1, 0.15) is 5.75 Å². The van der Waals surface area contributed by atoms with Crippen molar-refractivity contribution < 1.29 is 9.84 Å². The summed E-state index contributed by atoms with van der Waals surface area (Å²) in [6, 6.07) is 8.02. The Labute approximate surface area is 123 Å². The molecule has 2 rings (SSSR count). The quantitative estimate of drug-likeness (QED) is 0.876. The summed E-state index contributed by atoms with van der Waals surface area (Å²) in [7, 11) is 0. The lowest BCUT2D eigenvalue weighted by Crippen LogP contribution is -2.41. The van der Waals surface area contributed by atoms with Gasteiger partial charge in [0.05, 0.1) is 12.2 Å². The lowest BCUT2D eigenvalue weighted by Gasteiger charge is -2.45. The van der Waals surface area contributed by atoms with E-state index in [4.69, 9.17) is 4.74 Å². The molecular formula is C18H28O2. The predicted octanol–water partition coefficient (Wildman–Crippen LogP) is 4.51. The molecule has 0 bridgehead atoms. The van der Waals surface area contributed by atoms with Gasteiger partial charge < -0.3 is 9.84 Å².